The van der Waals surface area contributed by atoms with Gasteiger partial charge >= 0.3 is 0 Å². The molecule has 4 nitrogen and oxygen atoms in total. The number of amides is 2. The maximum Gasteiger partial charge on any atom is 0.245 e. The van der Waals surface area contributed by atoms with Crippen LogP contribution in [0.25, 0.3) is 0 Å². The first-order valence-corrected chi connectivity index (χ1v) is 8.30. The van der Waals surface area contributed by atoms with Crippen molar-refractivity contribution in [2.75, 3.05) is 13.1 Å². The molecule has 0 aromatic rings. The van der Waals surface area contributed by atoms with E-state index in [4.69, 9.17) is 0 Å². The van der Waals surface area contributed by atoms with Gasteiger partial charge < -0.3 is 10.2 Å². The molecule has 0 radical (unpaired) electrons. The summed E-state index contributed by atoms with van der Waals surface area (Å²) in [7, 11) is 0. The van der Waals surface area contributed by atoms with Crippen LogP contribution >= 0.6 is 0 Å². The molecule has 1 saturated heterocycles. The highest BCUT2D eigenvalue weighted by Gasteiger charge is 2.45. The summed E-state index contributed by atoms with van der Waals surface area (Å²) in [6.45, 7) is 1.54. The third-order valence-corrected chi connectivity index (χ3v) is 5.48. The smallest absolute Gasteiger partial charge is 0.245 e. The van der Waals surface area contributed by atoms with E-state index in [-0.39, 0.29) is 17.9 Å². The number of hydrogen-bond acceptors (Lipinski definition) is 2. The first kappa shape index (κ1) is 12.7. The van der Waals surface area contributed by atoms with Crippen LogP contribution in [-0.4, -0.2) is 35.8 Å². The van der Waals surface area contributed by atoms with Crippen LogP contribution in [0, 0.1) is 23.7 Å². The minimum Gasteiger partial charge on any atom is -0.344 e. The van der Waals surface area contributed by atoms with Crippen LogP contribution in [0.15, 0.2) is 0 Å². The topological polar surface area (TPSA) is 49.4 Å². The highest BCUT2D eigenvalue weighted by Crippen LogP contribution is 2.49. The Labute approximate surface area is 120 Å². The van der Waals surface area contributed by atoms with E-state index in [2.05, 4.69) is 5.32 Å². The molecule has 1 unspecified atom stereocenters. The van der Waals surface area contributed by atoms with Crippen LogP contribution in [0.3, 0.4) is 0 Å². The van der Waals surface area contributed by atoms with Gasteiger partial charge in [-0.15, -0.1) is 0 Å². The number of nitrogens with one attached hydrogen (secondary N) is 1. The molecule has 2 amide bonds. The van der Waals surface area contributed by atoms with Crippen molar-refractivity contribution in [3.63, 3.8) is 0 Å². The summed E-state index contributed by atoms with van der Waals surface area (Å²) < 4.78 is 0. The molecule has 4 rings (SSSR count). The molecule has 1 heterocycles. The Hall–Kier alpha value is -1.06. The lowest BCUT2D eigenvalue weighted by molar-refractivity contribution is -0.134. The highest BCUT2D eigenvalue weighted by molar-refractivity contribution is 5.90. The average molecular weight is 276 g/mol. The standard InChI is InChI=1S/C16H24N2O2/c19-14-7-8-18(16(20)15(17-14)12-5-6-12)9-13(10-1-2-10)11-3-4-11/h10-13,15H,1-9H2,(H,17,19). The molecule has 4 heteroatoms. The molecular weight excluding hydrogens is 252 g/mol. The van der Waals surface area contributed by atoms with Crippen LogP contribution in [0.2, 0.25) is 0 Å². The Balaban J connectivity index is 1.46. The lowest BCUT2D eigenvalue weighted by atomic mass is 9.96. The Kier molecular flexibility index (Phi) is 3.00. The van der Waals surface area contributed by atoms with Gasteiger partial charge in [-0.25, -0.2) is 0 Å². The minimum atomic E-state index is -0.218. The van der Waals surface area contributed by atoms with Crippen molar-refractivity contribution in [1.82, 2.24) is 10.2 Å². The molecular formula is C16H24N2O2. The molecule has 0 aromatic carbocycles. The van der Waals surface area contributed by atoms with Crippen LogP contribution < -0.4 is 5.32 Å². The quantitative estimate of drug-likeness (QED) is 0.828. The van der Waals surface area contributed by atoms with Crippen molar-refractivity contribution in [1.29, 1.82) is 0 Å². The molecule has 3 saturated carbocycles. The van der Waals surface area contributed by atoms with Gasteiger partial charge in [0.05, 0.1) is 0 Å². The van der Waals surface area contributed by atoms with E-state index < -0.39 is 0 Å². The van der Waals surface area contributed by atoms with E-state index in [1.807, 2.05) is 4.90 Å². The van der Waals surface area contributed by atoms with Crippen LogP contribution in [0.1, 0.15) is 44.9 Å². The molecule has 3 aliphatic carbocycles. The molecule has 0 spiro atoms. The van der Waals surface area contributed by atoms with Gasteiger partial charge in [0.25, 0.3) is 0 Å². The SMILES string of the molecule is O=C1CCN(CC(C2CC2)C2CC2)C(=O)C(C2CC2)N1. The highest BCUT2D eigenvalue weighted by atomic mass is 16.2. The fraction of sp³-hybridized carbons (Fsp3) is 0.875. The van der Waals surface area contributed by atoms with Crippen LogP contribution in [0.4, 0.5) is 0 Å². The van der Waals surface area contributed by atoms with E-state index in [9.17, 15) is 9.59 Å². The van der Waals surface area contributed by atoms with Gasteiger partial charge in [0.1, 0.15) is 6.04 Å². The van der Waals surface area contributed by atoms with Crippen molar-refractivity contribution in [3.8, 4) is 0 Å². The van der Waals surface area contributed by atoms with E-state index in [0.717, 1.165) is 31.2 Å². The van der Waals surface area contributed by atoms with E-state index >= 15 is 0 Å². The third-order valence-electron chi connectivity index (χ3n) is 5.48. The number of rotatable bonds is 5. The zero-order chi connectivity index (χ0) is 13.7. The van der Waals surface area contributed by atoms with Gasteiger partial charge in [0, 0.05) is 19.5 Å². The van der Waals surface area contributed by atoms with Gasteiger partial charge in [-0.3, -0.25) is 9.59 Å². The van der Waals surface area contributed by atoms with Crippen molar-refractivity contribution >= 4 is 11.8 Å². The zero-order valence-electron chi connectivity index (χ0n) is 12.0. The van der Waals surface area contributed by atoms with Crippen molar-refractivity contribution < 1.29 is 9.59 Å². The van der Waals surface area contributed by atoms with E-state index in [1.165, 1.54) is 25.7 Å². The molecule has 4 fully saturated rings. The fourth-order valence-corrected chi connectivity index (χ4v) is 3.77. The summed E-state index contributed by atoms with van der Waals surface area (Å²) in [5, 5.41) is 2.95. The summed E-state index contributed by atoms with van der Waals surface area (Å²) >= 11 is 0. The maximum absolute atomic E-state index is 12.7. The monoisotopic (exact) mass is 276 g/mol. The van der Waals surface area contributed by atoms with Crippen LogP contribution in [0.5, 0.6) is 0 Å². The van der Waals surface area contributed by atoms with Gasteiger partial charge in [-0.05, 0) is 62.2 Å². The second kappa shape index (κ2) is 4.74. The summed E-state index contributed by atoms with van der Waals surface area (Å²) in [6.07, 6.45) is 8.09. The molecule has 1 aliphatic heterocycles. The maximum atomic E-state index is 12.7. The summed E-state index contributed by atoms with van der Waals surface area (Å²) in [5.74, 6) is 3.11. The van der Waals surface area contributed by atoms with Crippen molar-refractivity contribution in [2.24, 2.45) is 23.7 Å². The third kappa shape index (κ3) is 2.57. The Morgan fingerprint density at radius 2 is 1.70 bits per heavy atom. The van der Waals surface area contributed by atoms with Gasteiger partial charge in [-0.2, -0.15) is 0 Å². The van der Waals surface area contributed by atoms with Gasteiger partial charge in [-0.1, -0.05) is 0 Å². The lowest BCUT2D eigenvalue weighted by Crippen LogP contribution is -2.47. The predicted octanol–water partition coefficient (Wildman–Crippen LogP) is 1.55. The second-order valence-corrected chi connectivity index (χ2v) is 7.26. The Morgan fingerprint density at radius 1 is 1.05 bits per heavy atom. The second-order valence-electron chi connectivity index (χ2n) is 7.26. The molecule has 20 heavy (non-hydrogen) atoms. The number of carbonyl (C=O) groups is 2. The molecule has 0 bridgehead atoms. The molecule has 0 aromatic heterocycles. The Morgan fingerprint density at radius 3 is 2.25 bits per heavy atom. The lowest BCUT2D eigenvalue weighted by Gasteiger charge is -2.28. The Bertz CT molecular complexity index is 412. The summed E-state index contributed by atoms with van der Waals surface area (Å²) in [4.78, 5) is 26.5. The first-order chi connectivity index (χ1) is 9.72. The number of nitrogens with zero attached hydrogens (tertiary/aromatic N) is 1. The summed E-state index contributed by atoms with van der Waals surface area (Å²) in [5.41, 5.74) is 0. The molecule has 1 N–H and O–H groups in total. The van der Waals surface area contributed by atoms with Crippen molar-refractivity contribution in [3.05, 3.63) is 0 Å². The normalized spacial score (nSPS) is 31.4. The minimum absolute atomic E-state index is 0.0622. The molecule has 1 atom stereocenters. The largest absolute Gasteiger partial charge is 0.344 e. The molecule has 4 aliphatic rings. The van der Waals surface area contributed by atoms with E-state index in [1.54, 1.807) is 0 Å². The number of carbonyl (C=O) groups excluding carboxylic acids is 2. The van der Waals surface area contributed by atoms with Crippen molar-refractivity contribution in [2.45, 2.75) is 51.0 Å². The van der Waals surface area contributed by atoms with Gasteiger partial charge in [0.15, 0.2) is 0 Å². The van der Waals surface area contributed by atoms with Crippen LogP contribution in [-0.2, 0) is 9.59 Å². The van der Waals surface area contributed by atoms with E-state index in [0.29, 0.717) is 24.8 Å². The zero-order valence-corrected chi connectivity index (χ0v) is 12.0. The average Bonchev–Trinajstić information content (AvgIpc) is 3.30. The predicted molar refractivity (Wildman–Crippen MR) is 74.8 cm³/mol. The van der Waals surface area contributed by atoms with Gasteiger partial charge in [0.2, 0.25) is 11.8 Å². The first-order valence-electron chi connectivity index (χ1n) is 8.30. The summed E-state index contributed by atoms with van der Waals surface area (Å²) in [6, 6.07) is -0.218. The fourth-order valence-electron chi connectivity index (χ4n) is 3.77. The number of hydrogen-bond donors (Lipinski definition) is 1. The molecule has 110 valence electrons.